The predicted octanol–water partition coefficient (Wildman–Crippen LogP) is 2.60. The molecule has 2 aromatic rings. The molecule has 0 aliphatic carbocycles. The molecule has 0 spiro atoms. The number of aromatic nitrogens is 1. The van der Waals surface area contributed by atoms with Gasteiger partial charge in [-0.15, -0.1) is 0 Å². The molecule has 1 aromatic heterocycles. The van der Waals surface area contributed by atoms with Crippen LogP contribution in [0.25, 0.3) is 11.3 Å². The fraction of sp³-hybridized carbons (Fsp3) is 0.143. The Hall–Kier alpha value is -2.23. The molecule has 0 atom stereocenters. The molecular weight excluding hydrogens is 233 g/mol. The van der Waals surface area contributed by atoms with Crippen LogP contribution in [0, 0.1) is 5.82 Å². The van der Waals surface area contributed by atoms with Crippen molar-refractivity contribution in [1.82, 2.24) is 4.98 Å². The molecule has 3 nitrogen and oxygen atoms in total. The van der Waals surface area contributed by atoms with Gasteiger partial charge in [0.15, 0.2) is 0 Å². The lowest BCUT2D eigenvalue weighted by atomic mass is 10.1. The van der Waals surface area contributed by atoms with E-state index >= 15 is 0 Å². The third-order valence-electron chi connectivity index (χ3n) is 2.52. The normalized spacial score (nSPS) is 10.1. The van der Waals surface area contributed by atoms with Gasteiger partial charge >= 0.3 is 5.97 Å². The molecule has 0 aliphatic heterocycles. The molecule has 92 valence electrons. The molecule has 0 saturated heterocycles. The molecule has 0 saturated carbocycles. The highest BCUT2D eigenvalue weighted by Crippen LogP contribution is 2.18. The number of methoxy groups -OCH3 is 1. The van der Waals surface area contributed by atoms with Crippen molar-refractivity contribution < 1.29 is 13.9 Å². The first-order valence-corrected chi connectivity index (χ1v) is 5.47. The fourth-order valence-electron chi connectivity index (χ4n) is 1.59. The molecule has 0 aliphatic rings. The van der Waals surface area contributed by atoms with Crippen LogP contribution in [0.2, 0.25) is 0 Å². The van der Waals surface area contributed by atoms with Gasteiger partial charge in [0, 0.05) is 11.8 Å². The Balaban J connectivity index is 2.19. The highest BCUT2D eigenvalue weighted by atomic mass is 19.1. The maximum Gasteiger partial charge on any atom is 0.310 e. The summed E-state index contributed by atoms with van der Waals surface area (Å²) in [6, 6.07) is 9.76. The number of ether oxygens (including phenoxy) is 1. The Morgan fingerprint density at radius 1 is 1.33 bits per heavy atom. The Labute approximate surface area is 104 Å². The summed E-state index contributed by atoms with van der Waals surface area (Å²) >= 11 is 0. The number of hydrogen-bond acceptors (Lipinski definition) is 3. The van der Waals surface area contributed by atoms with Crippen LogP contribution in [0.3, 0.4) is 0 Å². The largest absolute Gasteiger partial charge is 0.469 e. The summed E-state index contributed by atoms with van der Waals surface area (Å²) in [4.78, 5) is 15.3. The van der Waals surface area contributed by atoms with Gasteiger partial charge in [0.25, 0.3) is 0 Å². The summed E-state index contributed by atoms with van der Waals surface area (Å²) in [5.74, 6) is -0.608. The second-order valence-corrected chi connectivity index (χ2v) is 3.81. The van der Waals surface area contributed by atoms with Gasteiger partial charge in [-0.25, -0.2) is 4.39 Å². The van der Waals surface area contributed by atoms with Crippen LogP contribution in [0.1, 0.15) is 5.56 Å². The number of nitrogens with zero attached hydrogens (tertiary/aromatic N) is 1. The summed E-state index contributed by atoms with van der Waals surface area (Å²) in [5.41, 5.74) is 2.14. The molecule has 0 fully saturated rings. The third-order valence-corrected chi connectivity index (χ3v) is 2.52. The van der Waals surface area contributed by atoms with E-state index in [2.05, 4.69) is 9.72 Å². The second-order valence-electron chi connectivity index (χ2n) is 3.81. The van der Waals surface area contributed by atoms with Gasteiger partial charge in [-0.1, -0.05) is 18.2 Å². The average Bonchev–Trinajstić information content (AvgIpc) is 2.39. The Kier molecular flexibility index (Phi) is 3.67. The van der Waals surface area contributed by atoms with Gasteiger partial charge in [0.2, 0.25) is 0 Å². The van der Waals surface area contributed by atoms with Crippen molar-refractivity contribution in [2.24, 2.45) is 0 Å². The summed E-state index contributed by atoms with van der Waals surface area (Å²) < 4.78 is 17.6. The first-order chi connectivity index (χ1) is 8.69. The van der Waals surface area contributed by atoms with Crippen molar-refractivity contribution in [2.45, 2.75) is 6.42 Å². The van der Waals surface area contributed by atoms with Gasteiger partial charge in [-0.05, 0) is 23.8 Å². The van der Waals surface area contributed by atoms with Crippen LogP contribution in [0.4, 0.5) is 4.39 Å². The van der Waals surface area contributed by atoms with Gasteiger partial charge in [0.1, 0.15) is 5.82 Å². The molecule has 2 rings (SSSR count). The summed E-state index contributed by atoms with van der Waals surface area (Å²) in [5, 5.41) is 0. The maximum absolute atomic E-state index is 13.1. The zero-order chi connectivity index (χ0) is 13.0. The SMILES string of the molecule is COC(=O)Cc1ccc(-c2cccc(F)c2)nc1. The molecule has 1 aromatic carbocycles. The molecule has 18 heavy (non-hydrogen) atoms. The van der Waals surface area contributed by atoms with E-state index in [0.717, 1.165) is 5.56 Å². The van der Waals surface area contributed by atoms with Crippen molar-refractivity contribution in [3.63, 3.8) is 0 Å². The number of halogens is 1. The van der Waals surface area contributed by atoms with Crippen LogP contribution in [-0.2, 0) is 16.0 Å². The highest BCUT2D eigenvalue weighted by Gasteiger charge is 2.04. The lowest BCUT2D eigenvalue weighted by Gasteiger charge is -2.03. The molecule has 0 unspecified atom stereocenters. The van der Waals surface area contributed by atoms with Gasteiger partial charge in [0.05, 0.1) is 19.2 Å². The lowest BCUT2D eigenvalue weighted by molar-refractivity contribution is -0.139. The molecule has 1 heterocycles. The summed E-state index contributed by atoms with van der Waals surface area (Å²) in [6.45, 7) is 0. The first-order valence-electron chi connectivity index (χ1n) is 5.47. The number of esters is 1. The number of carbonyl (C=O) groups is 1. The topological polar surface area (TPSA) is 39.2 Å². The zero-order valence-electron chi connectivity index (χ0n) is 9.89. The van der Waals surface area contributed by atoms with E-state index in [9.17, 15) is 9.18 Å². The van der Waals surface area contributed by atoms with Crippen LogP contribution in [0.5, 0.6) is 0 Å². The minimum Gasteiger partial charge on any atom is -0.469 e. The van der Waals surface area contributed by atoms with Crippen molar-refractivity contribution in [3.8, 4) is 11.3 Å². The van der Waals surface area contributed by atoms with E-state index in [1.807, 2.05) is 0 Å². The van der Waals surface area contributed by atoms with Crippen LogP contribution < -0.4 is 0 Å². The van der Waals surface area contributed by atoms with Crippen LogP contribution in [-0.4, -0.2) is 18.1 Å². The van der Waals surface area contributed by atoms with E-state index in [1.165, 1.54) is 19.2 Å². The highest BCUT2D eigenvalue weighted by molar-refractivity contribution is 5.72. The monoisotopic (exact) mass is 245 g/mol. The van der Waals surface area contributed by atoms with Gasteiger partial charge in [-0.3, -0.25) is 9.78 Å². The zero-order valence-corrected chi connectivity index (χ0v) is 9.89. The van der Waals surface area contributed by atoms with Gasteiger partial charge < -0.3 is 4.74 Å². The maximum atomic E-state index is 13.1. The van der Waals surface area contributed by atoms with E-state index in [-0.39, 0.29) is 18.2 Å². The Morgan fingerprint density at radius 2 is 2.17 bits per heavy atom. The molecular formula is C14H12FNO2. The second kappa shape index (κ2) is 5.40. The Bertz CT molecular complexity index is 552. The van der Waals surface area contributed by atoms with Crippen LogP contribution in [0.15, 0.2) is 42.6 Å². The predicted molar refractivity (Wildman–Crippen MR) is 65.4 cm³/mol. The molecule has 0 N–H and O–H groups in total. The van der Waals surface area contributed by atoms with E-state index < -0.39 is 0 Å². The van der Waals surface area contributed by atoms with Gasteiger partial charge in [-0.2, -0.15) is 0 Å². The standard InChI is InChI=1S/C14H12FNO2/c1-18-14(17)7-10-5-6-13(16-9-10)11-3-2-4-12(15)8-11/h2-6,8-9H,7H2,1H3. The fourth-order valence-corrected chi connectivity index (χ4v) is 1.59. The van der Waals surface area contributed by atoms with E-state index in [1.54, 1.807) is 30.5 Å². The van der Waals surface area contributed by atoms with E-state index in [0.29, 0.717) is 11.3 Å². The van der Waals surface area contributed by atoms with Crippen molar-refractivity contribution in [3.05, 3.63) is 54.0 Å². The summed E-state index contributed by atoms with van der Waals surface area (Å²) in [6.07, 6.45) is 1.78. The first kappa shape index (κ1) is 12.2. The summed E-state index contributed by atoms with van der Waals surface area (Å²) in [7, 11) is 1.34. The molecule has 0 radical (unpaired) electrons. The quantitative estimate of drug-likeness (QED) is 0.780. The van der Waals surface area contributed by atoms with Crippen molar-refractivity contribution in [2.75, 3.05) is 7.11 Å². The van der Waals surface area contributed by atoms with Crippen molar-refractivity contribution in [1.29, 1.82) is 0 Å². The molecule has 0 amide bonds. The Morgan fingerprint density at radius 3 is 2.78 bits per heavy atom. The minimum absolute atomic E-state index is 0.187. The van der Waals surface area contributed by atoms with E-state index in [4.69, 9.17) is 0 Å². The smallest absolute Gasteiger partial charge is 0.310 e. The molecule has 4 heteroatoms. The number of pyridine rings is 1. The third kappa shape index (κ3) is 2.91. The van der Waals surface area contributed by atoms with Crippen molar-refractivity contribution >= 4 is 5.97 Å². The number of hydrogen-bond donors (Lipinski definition) is 0. The molecule has 0 bridgehead atoms. The number of rotatable bonds is 3. The average molecular weight is 245 g/mol. The number of benzene rings is 1. The number of carbonyl (C=O) groups excluding carboxylic acids is 1. The minimum atomic E-state index is -0.310. The lowest BCUT2D eigenvalue weighted by Crippen LogP contribution is -2.04. The van der Waals surface area contributed by atoms with Crippen LogP contribution >= 0.6 is 0 Å².